The average molecular weight is 293 g/mol. The Morgan fingerprint density at radius 1 is 1.10 bits per heavy atom. The standard InChI is InChI=1S/C15H13F2NO3/c1-20-11-8-6-10(7-9-11)14(19)18-12-4-2-3-5-13(12)21-15(16)17/h2-9,15H,1H3,(H,18,19). The normalized spacial score (nSPS) is 10.3. The fourth-order valence-corrected chi connectivity index (χ4v) is 1.71. The van der Waals surface area contributed by atoms with E-state index < -0.39 is 12.5 Å². The highest BCUT2D eigenvalue weighted by Gasteiger charge is 2.12. The van der Waals surface area contributed by atoms with Crippen molar-refractivity contribution in [3.05, 3.63) is 54.1 Å². The molecule has 1 amide bonds. The fraction of sp³-hybridized carbons (Fsp3) is 0.133. The molecule has 0 aliphatic heterocycles. The van der Waals surface area contributed by atoms with Gasteiger partial charge >= 0.3 is 6.61 Å². The molecule has 0 aliphatic rings. The summed E-state index contributed by atoms with van der Waals surface area (Å²) in [5.74, 6) is 0.102. The van der Waals surface area contributed by atoms with Gasteiger partial charge in [0.25, 0.3) is 5.91 Å². The van der Waals surface area contributed by atoms with Gasteiger partial charge in [0.2, 0.25) is 0 Å². The number of benzene rings is 2. The summed E-state index contributed by atoms with van der Waals surface area (Å²) in [6, 6.07) is 12.4. The number of alkyl halides is 2. The summed E-state index contributed by atoms with van der Waals surface area (Å²) < 4.78 is 33.9. The van der Waals surface area contributed by atoms with Gasteiger partial charge < -0.3 is 14.8 Å². The summed E-state index contributed by atoms with van der Waals surface area (Å²) in [6.45, 7) is -2.95. The van der Waals surface area contributed by atoms with E-state index in [1.54, 1.807) is 36.4 Å². The van der Waals surface area contributed by atoms with Gasteiger partial charge in [-0.1, -0.05) is 12.1 Å². The SMILES string of the molecule is COc1ccc(C(=O)Nc2ccccc2OC(F)F)cc1. The molecule has 0 aliphatic carbocycles. The first-order chi connectivity index (χ1) is 10.1. The third kappa shape index (κ3) is 3.92. The lowest BCUT2D eigenvalue weighted by Gasteiger charge is -2.11. The van der Waals surface area contributed by atoms with Crippen molar-refractivity contribution in [3.8, 4) is 11.5 Å². The second-order valence-corrected chi connectivity index (χ2v) is 4.06. The van der Waals surface area contributed by atoms with Crippen LogP contribution in [0.3, 0.4) is 0 Å². The Balaban J connectivity index is 2.15. The highest BCUT2D eigenvalue weighted by molar-refractivity contribution is 6.05. The summed E-state index contributed by atoms with van der Waals surface area (Å²) in [7, 11) is 1.52. The van der Waals surface area contributed by atoms with Crippen LogP contribution < -0.4 is 14.8 Å². The van der Waals surface area contributed by atoms with Crippen molar-refractivity contribution >= 4 is 11.6 Å². The van der Waals surface area contributed by atoms with Crippen LogP contribution in [0.25, 0.3) is 0 Å². The summed E-state index contributed by atoms with van der Waals surface area (Å²) in [5.41, 5.74) is 0.557. The third-order valence-corrected chi connectivity index (χ3v) is 2.70. The number of para-hydroxylation sites is 2. The van der Waals surface area contributed by atoms with Gasteiger partial charge in [0.05, 0.1) is 12.8 Å². The molecule has 110 valence electrons. The van der Waals surface area contributed by atoms with Crippen molar-refractivity contribution in [2.75, 3.05) is 12.4 Å². The van der Waals surface area contributed by atoms with Gasteiger partial charge in [-0.25, -0.2) is 0 Å². The fourth-order valence-electron chi connectivity index (χ4n) is 1.71. The van der Waals surface area contributed by atoms with E-state index in [0.717, 1.165) is 0 Å². The Kier molecular flexibility index (Phi) is 4.71. The number of methoxy groups -OCH3 is 1. The number of hydrogen-bond acceptors (Lipinski definition) is 3. The number of rotatable bonds is 5. The highest BCUT2D eigenvalue weighted by atomic mass is 19.3. The molecule has 0 fully saturated rings. The molecule has 0 heterocycles. The molecule has 0 radical (unpaired) electrons. The molecule has 0 unspecified atom stereocenters. The molecule has 2 rings (SSSR count). The summed E-state index contributed by atoms with van der Waals surface area (Å²) in [5, 5.41) is 2.53. The van der Waals surface area contributed by atoms with E-state index in [9.17, 15) is 13.6 Å². The van der Waals surface area contributed by atoms with Crippen LogP contribution in [0, 0.1) is 0 Å². The smallest absolute Gasteiger partial charge is 0.387 e. The Morgan fingerprint density at radius 2 is 1.76 bits per heavy atom. The van der Waals surface area contributed by atoms with Crippen LogP contribution in [0.2, 0.25) is 0 Å². The summed E-state index contributed by atoms with van der Waals surface area (Å²) in [4.78, 5) is 12.1. The van der Waals surface area contributed by atoms with Crippen LogP contribution in [0.15, 0.2) is 48.5 Å². The quantitative estimate of drug-likeness (QED) is 0.917. The zero-order valence-electron chi connectivity index (χ0n) is 11.2. The number of carbonyl (C=O) groups excluding carboxylic acids is 1. The van der Waals surface area contributed by atoms with Crippen molar-refractivity contribution in [3.63, 3.8) is 0 Å². The lowest BCUT2D eigenvalue weighted by Crippen LogP contribution is -2.13. The predicted molar refractivity (Wildman–Crippen MR) is 74.0 cm³/mol. The molecule has 2 aromatic carbocycles. The molecule has 0 aromatic heterocycles. The predicted octanol–water partition coefficient (Wildman–Crippen LogP) is 3.55. The third-order valence-electron chi connectivity index (χ3n) is 2.70. The van der Waals surface area contributed by atoms with Gasteiger partial charge in [-0.05, 0) is 36.4 Å². The van der Waals surface area contributed by atoms with E-state index in [2.05, 4.69) is 10.1 Å². The number of nitrogens with one attached hydrogen (secondary N) is 1. The van der Waals surface area contributed by atoms with Crippen molar-refractivity contribution in [1.82, 2.24) is 0 Å². The van der Waals surface area contributed by atoms with Crippen LogP contribution >= 0.6 is 0 Å². The van der Waals surface area contributed by atoms with E-state index in [4.69, 9.17) is 4.74 Å². The number of halogens is 2. The van der Waals surface area contributed by atoms with Crippen molar-refractivity contribution in [2.45, 2.75) is 6.61 Å². The minimum absolute atomic E-state index is 0.0886. The summed E-state index contributed by atoms with van der Waals surface area (Å²) in [6.07, 6.45) is 0. The van der Waals surface area contributed by atoms with Gasteiger partial charge in [0.15, 0.2) is 0 Å². The maximum absolute atomic E-state index is 12.3. The van der Waals surface area contributed by atoms with Crippen LogP contribution in [0.5, 0.6) is 11.5 Å². The van der Waals surface area contributed by atoms with Crippen molar-refractivity contribution in [2.24, 2.45) is 0 Å². The molecule has 0 spiro atoms. The monoisotopic (exact) mass is 293 g/mol. The number of amides is 1. The Morgan fingerprint density at radius 3 is 2.38 bits per heavy atom. The van der Waals surface area contributed by atoms with Gasteiger partial charge in [-0.15, -0.1) is 0 Å². The van der Waals surface area contributed by atoms with Crippen LogP contribution in [-0.4, -0.2) is 19.6 Å². The van der Waals surface area contributed by atoms with E-state index in [1.165, 1.54) is 19.2 Å². The second kappa shape index (κ2) is 6.69. The number of carbonyl (C=O) groups is 1. The zero-order chi connectivity index (χ0) is 15.2. The van der Waals surface area contributed by atoms with Crippen LogP contribution in [0.4, 0.5) is 14.5 Å². The molecule has 6 heteroatoms. The molecule has 2 aromatic rings. The van der Waals surface area contributed by atoms with E-state index in [0.29, 0.717) is 11.3 Å². The largest absolute Gasteiger partial charge is 0.497 e. The Hall–Kier alpha value is -2.63. The first kappa shape index (κ1) is 14.8. The van der Waals surface area contributed by atoms with E-state index in [1.807, 2.05) is 0 Å². The first-order valence-corrected chi connectivity index (χ1v) is 6.09. The van der Waals surface area contributed by atoms with Gasteiger partial charge in [0.1, 0.15) is 11.5 Å². The molecular weight excluding hydrogens is 280 g/mol. The molecule has 4 nitrogen and oxygen atoms in total. The van der Waals surface area contributed by atoms with Gasteiger partial charge in [-0.2, -0.15) is 8.78 Å². The Labute approximate surface area is 120 Å². The lowest BCUT2D eigenvalue weighted by atomic mass is 10.2. The van der Waals surface area contributed by atoms with Gasteiger partial charge in [0, 0.05) is 5.56 Å². The van der Waals surface area contributed by atoms with Crippen LogP contribution in [-0.2, 0) is 0 Å². The molecule has 0 saturated carbocycles. The highest BCUT2D eigenvalue weighted by Crippen LogP contribution is 2.26. The van der Waals surface area contributed by atoms with E-state index in [-0.39, 0.29) is 11.4 Å². The van der Waals surface area contributed by atoms with Crippen molar-refractivity contribution in [1.29, 1.82) is 0 Å². The molecule has 1 N–H and O–H groups in total. The molecule has 21 heavy (non-hydrogen) atoms. The zero-order valence-corrected chi connectivity index (χ0v) is 11.2. The molecule has 0 bridgehead atoms. The number of hydrogen-bond donors (Lipinski definition) is 1. The van der Waals surface area contributed by atoms with Crippen LogP contribution in [0.1, 0.15) is 10.4 Å². The minimum Gasteiger partial charge on any atom is -0.497 e. The molecule has 0 atom stereocenters. The topological polar surface area (TPSA) is 47.6 Å². The average Bonchev–Trinajstić information content (AvgIpc) is 2.49. The van der Waals surface area contributed by atoms with Gasteiger partial charge in [-0.3, -0.25) is 4.79 Å². The van der Waals surface area contributed by atoms with E-state index >= 15 is 0 Å². The first-order valence-electron chi connectivity index (χ1n) is 6.09. The number of ether oxygens (including phenoxy) is 2. The summed E-state index contributed by atoms with van der Waals surface area (Å²) >= 11 is 0. The minimum atomic E-state index is -2.95. The maximum Gasteiger partial charge on any atom is 0.387 e. The maximum atomic E-state index is 12.3. The second-order valence-electron chi connectivity index (χ2n) is 4.06. The molecular formula is C15H13F2NO3. The Bertz CT molecular complexity index is 615. The lowest BCUT2D eigenvalue weighted by molar-refractivity contribution is -0.0493. The number of anilines is 1. The van der Waals surface area contributed by atoms with Crippen molar-refractivity contribution < 1.29 is 23.0 Å². The molecule has 0 saturated heterocycles.